The molecule has 78 valence electrons. The van der Waals surface area contributed by atoms with Crippen LogP contribution in [-0.4, -0.2) is 10.2 Å². The predicted molar refractivity (Wildman–Crippen MR) is 52.9 cm³/mol. The fourth-order valence-corrected chi connectivity index (χ4v) is 1.25. The maximum atomic E-state index is 13.0. The molecule has 0 aromatic heterocycles. The van der Waals surface area contributed by atoms with Crippen LogP contribution in [0.15, 0.2) is 18.2 Å². The van der Waals surface area contributed by atoms with E-state index in [2.05, 4.69) is 0 Å². The molecule has 0 radical (unpaired) electrons. The molecule has 2 nitrogen and oxygen atoms in total. The first kappa shape index (κ1) is 11.0. The number of phenolic OH excluding ortho intramolecular Hbond substituents is 1. The molecule has 0 aliphatic carbocycles. The average Bonchev–Trinajstić information content (AvgIpc) is 2.02. The second-order valence-electron chi connectivity index (χ2n) is 3.95. The molecular formula is C11H15FO2. The number of aliphatic hydroxyl groups is 1. The maximum absolute atomic E-state index is 13.0. The summed E-state index contributed by atoms with van der Waals surface area (Å²) in [5, 5.41) is 19.0. The maximum Gasteiger partial charge on any atom is 0.126 e. The quantitative estimate of drug-likeness (QED) is 0.767. The van der Waals surface area contributed by atoms with Crippen LogP contribution in [0.25, 0.3) is 0 Å². The molecule has 0 fully saturated rings. The van der Waals surface area contributed by atoms with E-state index in [1.165, 1.54) is 19.1 Å². The minimum Gasteiger partial charge on any atom is -0.508 e. The van der Waals surface area contributed by atoms with Crippen molar-refractivity contribution in [3.63, 3.8) is 0 Å². The van der Waals surface area contributed by atoms with E-state index in [1.54, 1.807) is 19.9 Å². The third-order valence-electron chi connectivity index (χ3n) is 2.16. The van der Waals surface area contributed by atoms with Gasteiger partial charge in [0, 0.05) is 5.56 Å². The number of halogens is 1. The van der Waals surface area contributed by atoms with Crippen molar-refractivity contribution in [2.45, 2.75) is 32.5 Å². The van der Waals surface area contributed by atoms with E-state index in [0.717, 1.165) is 0 Å². The normalized spacial score (nSPS) is 14.1. The first-order valence-electron chi connectivity index (χ1n) is 4.52. The zero-order valence-corrected chi connectivity index (χ0v) is 8.58. The molecular weight excluding hydrogens is 183 g/mol. The van der Waals surface area contributed by atoms with Gasteiger partial charge < -0.3 is 10.2 Å². The summed E-state index contributed by atoms with van der Waals surface area (Å²) in [6.45, 7) is 4.58. The van der Waals surface area contributed by atoms with E-state index in [9.17, 15) is 14.6 Å². The van der Waals surface area contributed by atoms with E-state index < -0.39 is 11.8 Å². The van der Waals surface area contributed by atoms with Gasteiger partial charge in [-0.25, -0.2) is 4.39 Å². The predicted octanol–water partition coefficient (Wildman–Crippen LogP) is 2.65. The molecule has 1 aromatic carbocycles. The summed E-state index contributed by atoms with van der Waals surface area (Å²) in [5.41, 5.74) is -0.212. The molecule has 14 heavy (non-hydrogen) atoms. The molecule has 0 spiro atoms. The molecule has 0 saturated carbocycles. The van der Waals surface area contributed by atoms with E-state index in [1.807, 2.05) is 0 Å². The lowest BCUT2D eigenvalue weighted by molar-refractivity contribution is 0.0783. The molecule has 0 aliphatic rings. The van der Waals surface area contributed by atoms with E-state index in [0.29, 0.717) is 5.56 Å². The summed E-state index contributed by atoms with van der Waals surface area (Å²) in [4.78, 5) is 0. The van der Waals surface area contributed by atoms with E-state index in [-0.39, 0.29) is 11.3 Å². The fraction of sp³-hybridized carbons (Fsp3) is 0.455. The molecule has 0 bridgehead atoms. The van der Waals surface area contributed by atoms with Crippen molar-refractivity contribution >= 4 is 0 Å². The van der Waals surface area contributed by atoms with Crippen LogP contribution in [-0.2, 0) is 5.60 Å². The van der Waals surface area contributed by atoms with Gasteiger partial charge in [0.25, 0.3) is 0 Å². The Morgan fingerprint density at radius 3 is 2.36 bits per heavy atom. The molecule has 0 aliphatic heterocycles. The van der Waals surface area contributed by atoms with Crippen molar-refractivity contribution in [2.24, 2.45) is 0 Å². The Morgan fingerprint density at radius 2 is 1.93 bits per heavy atom. The van der Waals surface area contributed by atoms with Crippen LogP contribution >= 0.6 is 0 Å². The monoisotopic (exact) mass is 198 g/mol. The van der Waals surface area contributed by atoms with Crippen molar-refractivity contribution in [1.29, 1.82) is 0 Å². The van der Waals surface area contributed by atoms with E-state index in [4.69, 9.17) is 0 Å². The van der Waals surface area contributed by atoms with Crippen LogP contribution < -0.4 is 0 Å². The first-order valence-corrected chi connectivity index (χ1v) is 4.52. The summed E-state index contributed by atoms with van der Waals surface area (Å²) >= 11 is 0. The van der Waals surface area contributed by atoms with Crippen molar-refractivity contribution in [1.82, 2.24) is 0 Å². The van der Waals surface area contributed by atoms with Gasteiger partial charge in [0.2, 0.25) is 0 Å². The topological polar surface area (TPSA) is 40.5 Å². The summed E-state index contributed by atoms with van der Waals surface area (Å²) in [7, 11) is 0. The molecule has 0 amide bonds. The number of alkyl halides is 1. The minimum atomic E-state index is -1.24. The number of hydrogen-bond donors (Lipinski definition) is 2. The highest BCUT2D eigenvalue weighted by atomic mass is 19.1. The Bertz CT molecular complexity index is 327. The number of hydrogen-bond acceptors (Lipinski definition) is 2. The van der Waals surface area contributed by atoms with Crippen molar-refractivity contribution in [2.75, 3.05) is 0 Å². The smallest absolute Gasteiger partial charge is 0.126 e. The van der Waals surface area contributed by atoms with E-state index >= 15 is 0 Å². The van der Waals surface area contributed by atoms with Gasteiger partial charge in [0.05, 0.1) is 5.60 Å². The molecule has 1 aromatic rings. The Morgan fingerprint density at radius 1 is 1.36 bits per heavy atom. The molecule has 0 saturated heterocycles. The number of benzene rings is 1. The Labute approximate surface area is 83.0 Å². The van der Waals surface area contributed by atoms with Crippen molar-refractivity contribution in [3.8, 4) is 5.75 Å². The fourth-order valence-electron chi connectivity index (χ4n) is 1.25. The minimum absolute atomic E-state index is 0.0759. The summed E-state index contributed by atoms with van der Waals surface area (Å²) in [6.07, 6.45) is -1.24. The van der Waals surface area contributed by atoms with Crippen LogP contribution in [0.2, 0.25) is 0 Å². The van der Waals surface area contributed by atoms with Crippen LogP contribution in [0.4, 0.5) is 4.39 Å². The van der Waals surface area contributed by atoms with Gasteiger partial charge in [0.1, 0.15) is 11.9 Å². The SMILES string of the molecule is CC(F)c1cc(C(C)(C)O)ccc1O. The molecule has 1 atom stereocenters. The third kappa shape index (κ3) is 2.23. The van der Waals surface area contributed by atoms with Crippen LogP contribution in [0.5, 0.6) is 5.75 Å². The van der Waals surface area contributed by atoms with Gasteiger partial charge in [-0.15, -0.1) is 0 Å². The number of rotatable bonds is 2. The van der Waals surface area contributed by atoms with Gasteiger partial charge >= 0.3 is 0 Å². The molecule has 1 unspecified atom stereocenters. The first-order chi connectivity index (χ1) is 6.32. The molecule has 1 rings (SSSR count). The standard InChI is InChI=1S/C11H15FO2/c1-7(12)9-6-8(11(2,3)14)4-5-10(9)13/h4-7,13-14H,1-3H3. The van der Waals surface area contributed by atoms with Gasteiger partial charge in [-0.05, 0) is 38.5 Å². The highest BCUT2D eigenvalue weighted by Gasteiger charge is 2.19. The molecule has 0 heterocycles. The second-order valence-corrected chi connectivity index (χ2v) is 3.95. The third-order valence-corrected chi connectivity index (χ3v) is 2.16. The van der Waals surface area contributed by atoms with Gasteiger partial charge in [-0.3, -0.25) is 0 Å². The summed E-state index contributed by atoms with van der Waals surface area (Å²) in [5.74, 6) is -0.0759. The second kappa shape index (κ2) is 3.58. The lowest BCUT2D eigenvalue weighted by atomic mass is 9.95. The molecule has 3 heteroatoms. The lowest BCUT2D eigenvalue weighted by Crippen LogP contribution is -2.15. The molecule has 2 N–H and O–H groups in total. The zero-order chi connectivity index (χ0) is 10.9. The average molecular weight is 198 g/mol. The largest absolute Gasteiger partial charge is 0.508 e. The van der Waals surface area contributed by atoms with Gasteiger partial charge in [-0.2, -0.15) is 0 Å². The Hall–Kier alpha value is -1.09. The van der Waals surface area contributed by atoms with Crippen molar-refractivity contribution in [3.05, 3.63) is 29.3 Å². The zero-order valence-electron chi connectivity index (χ0n) is 8.58. The van der Waals surface area contributed by atoms with Crippen molar-refractivity contribution < 1.29 is 14.6 Å². The van der Waals surface area contributed by atoms with Crippen LogP contribution in [0, 0.1) is 0 Å². The van der Waals surface area contributed by atoms with Gasteiger partial charge in [0.15, 0.2) is 0 Å². The van der Waals surface area contributed by atoms with Crippen LogP contribution in [0.1, 0.15) is 38.1 Å². The summed E-state index contributed by atoms with van der Waals surface area (Å²) in [6, 6.07) is 4.47. The lowest BCUT2D eigenvalue weighted by Gasteiger charge is -2.19. The number of aromatic hydroxyl groups is 1. The number of phenols is 1. The summed E-state index contributed by atoms with van der Waals surface area (Å²) < 4.78 is 13.0. The Kier molecular flexibility index (Phi) is 2.81. The highest BCUT2D eigenvalue weighted by Crippen LogP contribution is 2.31. The van der Waals surface area contributed by atoms with Gasteiger partial charge in [-0.1, -0.05) is 6.07 Å². The highest BCUT2D eigenvalue weighted by molar-refractivity contribution is 5.39. The Balaban J connectivity index is 3.20. The van der Waals surface area contributed by atoms with Crippen LogP contribution in [0.3, 0.4) is 0 Å².